The van der Waals surface area contributed by atoms with Gasteiger partial charge in [0.1, 0.15) is 5.76 Å². The molecule has 1 amide bonds. The zero-order valence-corrected chi connectivity index (χ0v) is 15.3. The summed E-state index contributed by atoms with van der Waals surface area (Å²) in [7, 11) is 0. The number of rotatable bonds is 3. The van der Waals surface area contributed by atoms with Crippen LogP contribution in [0.15, 0.2) is 57.7 Å². The van der Waals surface area contributed by atoms with Gasteiger partial charge in [-0.1, -0.05) is 36.4 Å². The van der Waals surface area contributed by atoms with E-state index in [0.29, 0.717) is 29.7 Å². The van der Waals surface area contributed by atoms with Crippen LogP contribution < -0.4 is 5.43 Å². The number of nitrogens with zero attached hydrogens (tertiary/aromatic N) is 1. The normalized spacial score (nSPS) is 16.5. The Hall–Kier alpha value is -3.41. The number of carbonyl (C=O) groups is 2. The fourth-order valence-corrected chi connectivity index (χ4v) is 3.66. The minimum absolute atomic E-state index is 0.159. The van der Waals surface area contributed by atoms with Gasteiger partial charge in [0.25, 0.3) is 5.91 Å². The SMILES string of the molecule is Cc1c(-c2ccccc2)oc2c(C(=O)N3CCC(C(=O)O)C3)cccc2c1=O. The fourth-order valence-electron chi connectivity index (χ4n) is 3.66. The highest BCUT2D eigenvalue weighted by molar-refractivity contribution is 6.05. The topological polar surface area (TPSA) is 87.8 Å². The summed E-state index contributed by atoms with van der Waals surface area (Å²) in [5.74, 6) is -1.35. The van der Waals surface area contributed by atoms with Gasteiger partial charge in [0.2, 0.25) is 0 Å². The first-order valence-electron chi connectivity index (χ1n) is 9.11. The van der Waals surface area contributed by atoms with Crippen molar-refractivity contribution in [2.45, 2.75) is 13.3 Å². The van der Waals surface area contributed by atoms with Gasteiger partial charge in [-0.15, -0.1) is 0 Å². The van der Waals surface area contributed by atoms with Crippen LogP contribution in [0.5, 0.6) is 0 Å². The Morgan fingerprint density at radius 3 is 2.54 bits per heavy atom. The maximum atomic E-state index is 13.0. The first-order valence-corrected chi connectivity index (χ1v) is 9.11. The molecule has 2 aromatic carbocycles. The Labute approximate surface area is 161 Å². The molecular formula is C22H19NO5. The van der Waals surface area contributed by atoms with Crippen molar-refractivity contribution < 1.29 is 19.1 Å². The minimum Gasteiger partial charge on any atom is -0.481 e. The quantitative estimate of drug-likeness (QED) is 0.757. The minimum atomic E-state index is -0.901. The van der Waals surface area contributed by atoms with Crippen molar-refractivity contribution in [3.63, 3.8) is 0 Å². The molecule has 6 nitrogen and oxygen atoms in total. The molecule has 0 saturated carbocycles. The molecule has 142 valence electrons. The van der Waals surface area contributed by atoms with Crippen LogP contribution in [0.1, 0.15) is 22.3 Å². The summed E-state index contributed by atoms with van der Waals surface area (Å²) in [5.41, 5.74) is 1.57. The second kappa shape index (κ2) is 6.96. The van der Waals surface area contributed by atoms with Crippen molar-refractivity contribution in [1.29, 1.82) is 0 Å². The average molecular weight is 377 g/mol. The second-order valence-electron chi connectivity index (χ2n) is 7.01. The van der Waals surface area contributed by atoms with Crippen molar-refractivity contribution >= 4 is 22.8 Å². The number of benzene rings is 2. The van der Waals surface area contributed by atoms with Crippen LogP contribution in [0.2, 0.25) is 0 Å². The van der Waals surface area contributed by atoms with Gasteiger partial charge in [0.05, 0.1) is 16.9 Å². The molecule has 3 aromatic rings. The summed E-state index contributed by atoms with van der Waals surface area (Å²) in [5, 5.41) is 9.53. The molecule has 0 aliphatic carbocycles. The Kier molecular flexibility index (Phi) is 4.47. The monoisotopic (exact) mass is 377 g/mol. The number of carboxylic acid groups (broad SMARTS) is 1. The molecule has 1 aromatic heterocycles. The Balaban J connectivity index is 1.84. The smallest absolute Gasteiger partial charge is 0.308 e. The third kappa shape index (κ3) is 2.97. The molecule has 1 aliphatic rings. The van der Waals surface area contributed by atoms with Crippen molar-refractivity contribution in [1.82, 2.24) is 4.90 Å². The van der Waals surface area contributed by atoms with E-state index in [2.05, 4.69) is 0 Å². The zero-order valence-electron chi connectivity index (χ0n) is 15.3. The number of hydrogen-bond donors (Lipinski definition) is 1. The summed E-state index contributed by atoms with van der Waals surface area (Å²) in [6.45, 7) is 2.24. The molecule has 28 heavy (non-hydrogen) atoms. The van der Waals surface area contributed by atoms with E-state index in [0.717, 1.165) is 5.56 Å². The lowest BCUT2D eigenvalue weighted by molar-refractivity contribution is -0.141. The van der Waals surface area contributed by atoms with Crippen LogP contribution >= 0.6 is 0 Å². The third-order valence-electron chi connectivity index (χ3n) is 5.24. The fraction of sp³-hybridized carbons (Fsp3) is 0.227. The molecule has 1 unspecified atom stereocenters. The third-order valence-corrected chi connectivity index (χ3v) is 5.24. The second-order valence-corrected chi connectivity index (χ2v) is 7.01. The standard InChI is InChI=1S/C22H19NO5/c1-13-18(24)16-8-5-9-17(21(25)23-11-10-15(12-23)22(26)27)20(16)28-19(13)14-6-3-2-4-7-14/h2-9,15H,10-12H2,1H3,(H,26,27). The molecule has 0 bridgehead atoms. The van der Waals surface area contributed by atoms with E-state index in [-0.39, 0.29) is 29.0 Å². The molecule has 4 rings (SSSR count). The summed E-state index contributed by atoms with van der Waals surface area (Å²) in [6, 6.07) is 14.2. The van der Waals surface area contributed by atoms with E-state index in [9.17, 15) is 19.5 Å². The van der Waals surface area contributed by atoms with Crippen LogP contribution in [0.3, 0.4) is 0 Å². The highest BCUT2D eigenvalue weighted by Gasteiger charge is 2.32. The van der Waals surface area contributed by atoms with Gasteiger partial charge < -0.3 is 14.4 Å². The number of hydrogen-bond acceptors (Lipinski definition) is 4. The van der Waals surface area contributed by atoms with E-state index < -0.39 is 11.9 Å². The molecule has 2 heterocycles. The Morgan fingerprint density at radius 1 is 1.11 bits per heavy atom. The van der Waals surface area contributed by atoms with Crippen LogP contribution in [0.25, 0.3) is 22.3 Å². The lowest BCUT2D eigenvalue weighted by Crippen LogP contribution is -2.30. The van der Waals surface area contributed by atoms with Gasteiger partial charge in [-0.25, -0.2) is 0 Å². The first-order chi connectivity index (χ1) is 13.5. The number of carbonyl (C=O) groups excluding carboxylic acids is 1. The maximum Gasteiger partial charge on any atom is 0.308 e. The van der Waals surface area contributed by atoms with Gasteiger partial charge in [-0.3, -0.25) is 14.4 Å². The lowest BCUT2D eigenvalue weighted by Gasteiger charge is -2.17. The number of likely N-dealkylation sites (tertiary alicyclic amines) is 1. The first kappa shape index (κ1) is 18.0. The van der Waals surface area contributed by atoms with Crippen molar-refractivity contribution in [2.75, 3.05) is 13.1 Å². The van der Waals surface area contributed by atoms with Crippen LogP contribution in [0, 0.1) is 12.8 Å². The van der Waals surface area contributed by atoms with Gasteiger partial charge in [0, 0.05) is 24.2 Å². The zero-order chi connectivity index (χ0) is 19.8. The number of para-hydroxylation sites is 1. The van der Waals surface area contributed by atoms with E-state index in [1.807, 2.05) is 30.3 Å². The lowest BCUT2D eigenvalue weighted by atomic mass is 10.0. The van der Waals surface area contributed by atoms with E-state index in [4.69, 9.17) is 4.42 Å². The van der Waals surface area contributed by atoms with E-state index >= 15 is 0 Å². The van der Waals surface area contributed by atoms with Gasteiger partial charge in [-0.05, 0) is 25.5 Å². The largest absolute Gasteiger partial charge is 0.481 e. The van der Waals surface area contributed by atoms with Crippen LogP contribution in [-0.2, 0) is 4.79 Å². The number of carboxylic acids is 1. The van der Waals surface area contributed by atoms with Crippen LogP contribution in [0.4, 0.5) is 0 Å². The molecule has 0 spiro atoms. The number of fused-ring (bicyclic) bond motifs is 1. The summed E-state index contributed by atoms with van der Waals surface area (Å²) >= 11 is 0. The highest BCUT2D eigenvalue weighted by Crippen LogP contribution is 2.28. The van der Waals surface area contributed by atoms with Crippen molar-refractivity contribution in [2.24, 2.45) is 5.92 Å². The molecule has 1 fully saturated rings. The van der Waals surface area contributed by atoms with E-state index in [1.54, 1.807) is 25.1 Å². The van der Waals surface area contributed by atoms with Crippen molar-refractivity contribution in [3.8, 4) is 11.3 Å². The molecule has 0 radical (unpaired) electrons. The highest BCUT2D eigenvalue weighted by atomic mass is 16.4. The summed E-state index contributed by atoms with van der Waals surface area (Å²) in [6.07, 6.45) is 0.421. The van der Waals surface area contributed by atoms with Gasteiger partial charge in [-0.2, -0.15) is 0 Å². The van der Waals surface area contributed by atoms with Gasteiger partial charge in [0.15, 0.2) is 11.0 Å². The average Bonchev–Trinajstić information content (AvgIpc) is 3.21. The number of amides is 1. The predicted molar refractivity (Wildman–Crippen MR) is 104 cm³/mol. The molecule has 1 atom stereocenters. The molecule has 1 aliphatic heterocycles. The molecule has 6 heteroatoms. The summed E-state index contributed by atoms with van der Waals surface area (Å²) in [4.78, 5) is 38.7. The molecule has 1 N–H and O–H groups in total. The van der Waals surface area contributed by atoms with E-state index in [1.165, 1.54) is 4.90 Å². The predicted octanol–water partition coefficient (Wildman–Crippen LogP) is 3.32. The summed E-state index contributed by atoms with van der Waals surface area (Å²) < 4.78 is 6.08. The number of aliphatic carboxylic acids is 1. The van der Waals surface area contributed by atoms with Gasteiger partial charge >= 0.3 is 5.97 Å². The molecule has 1 saturated heterocycles. The van der Waals surface area contributed by atoms with Crippen LogP contribution in [-0.4, -0.2) is 35.0 Å². The van der Waals surface area contributed by atoms with Crippen molar-refractivity contribution in [3.05, 3.63) is 69.9 Å². The Morgan fingerprint density at radius 2 is 1.86 bits per heavy atom. The molecular weight excluding hydrogens is 358 g/mol. The maximum absolute atomic E-state index is 13.0. The Bertz CT molecular complexity index is 1130.